The van der Waals surface area contributed by atoms with Crippen LogP contribution in [-0.4, -0.2) is 12.9 Å². The fourth-order valence-corrected chi connectivity index (χ4v) is 1.82. The number of hydrogen-bond donors (Lipinski definition) is 1. The number of nitrogens with two attached hydrogens (primary N) is 1. The van der Waals surface area contributed by atoms with Crippen LogP contribution in [0.2, 0.25) is 0 Å². The lowest BCUT2D eigenvalue weighted by Gasteiger charge is -2.08. The molecule has 0 spiro atoms. The number of hydrogen-bond acceptors (Lipinski definition) is 3. The highest BCUT2D eigenvalue weighted by Crippen LogP contribution is 2.29. The van der Waals surface area contributed by atoms with E-state index >= 15 is 0 Å². The Bertz CT molecular complexity index is 574. The SMILES string of the molecule is COc1ccc(-c2ccc(C(C)=O)cc2)c(N)c1. The van der Waals surface area contributed by atoms with Gasteiger partial charge in [-0.3, -0.25) is 4.79 Å². The molecular formula is C15H15NO2. The molecule has 3 nitrogen and oxygen atoms in total. The zero-order chi connectivity index (χ0) is 13.1. The highest BCUT2D eigenvalue weighted by molar-refractivity contribution is 5.94. The van der Waals surface area contributed by atoms with Crippen molar-refractivity contribution < 1.29 is 9.53 Å². The summed E-state index contributed by atoms with van der Waals surface area (Å²) in [6, 6.07) is 13.0. The molecule has 0 aromatic heterocycles. The Hall–Kier alpha value is -2.29. The number of carbonyl (C=O) groups is 1. The van der Waals surface area contributed by atoms with E-state index in [0.29, 0.717) is 11.3 Å². The van der Waals surface area contributed by atoms with E-state index < -0.39 is 0 Å². The van der Waals surface area contributed by atoms with E-state index in [9.17, 15) is 4.79 Å². The summed E-state index contributed by atoms with van der Waals surface area (Å²) in [5.41, 5.74) is 9.26. The number of methoxy groups -OCH3 is 1. The average molecular weight is 241 g/mol. The van der Waals surface area contributed by atoms with Gasteiger partial charge in [0.05, 0.1) is 7.11 Å². The lowest BCUT2D eigenvalue weighted by molar-refractivity contribution is 0.101. The predicted molar refractivity (Wildman–Crippen MR) is 72.8 cm³/mol. The topological polar surface area (TPSA) is 52.3 Å². The summed E-state index contributed by atoms with van der Waals surface area (Å²) in [7, 11) is 1.61. The first kappa shape index (κ1) is 12.2. The van der Waals surface area contributed by atoms with Gasteiger partial charge in [0.1, 0.15) is 5.75 Å². The Morgan fingerprint density at radius 1 is 1.11 bits per heavy atom. The number of ether oxygens (including phenoxy) is 1. The Kier molecular flexibility index (Phi) is 3.33. The van der Waals surface area contributed by atoms with Gasteiger partial charge >= 0.3 is 0 Å². The van der Waals surface area contributed by atoms with Crippen molar-refractivity contribution in [3.05, 3.63) is 48.0 Å². The molecule has 92 valence electrons. The average Bonchev–Trinajstić information content (AvgIpc) is 2.38. The summed E-state index contributed by atoms with van der Waals surface area (Å²) in [6.07, 6.45) is 0. The van der Waals surface area contributed by atoms with Crippen LogP contribution in [0.15, 0.2) is 42.5 Å². The summed E-state index contributed by atoms with van der Waals surface area (Å²) in [6.45, 7) is 1.55. The molecule has 0 fully saturated rings. The molecule has 0 aliphatic rings. The lowest BCUT2D eigenvalue weighted by atomic mass is 10.0. The van der Waals surface area contributed by atoms with Crippen LogP contribution in [0.3, 0.4) is 0 Å². The highest BCUT2D eigenvalue weighted by atomic mass is 16.5. The summed E-state index contributed by atoms with van der Waals surface area (Å²) < 4.78 is 5.11. The van der Waals surface area contributed by atoms with Crippen molar-refractivity contribution >= 4 is 11.5 Å². The molecule has 0 saturated heterocycles. The normalized spacial score (nSPS) is 10.1. The summed E-state index contributed by atoms with van der Waals surface area (Å²) >= 11 is 0. The molecule has 0 radical (unpaired) electrons. The highest BCUT2D eigenvalue weighted by Gasteiger charge is 2.05. The Labute approximate surface area is 106 Å². The van der Waals surface area contributed by atoms with Gasteiger partial charge in [-0.05, 0) is 24.6 Å². The fraction of sp³-hybridized carbons (Fsp3) is 0.133. The monoisotopic (exact) mass is 241 g/mol. The lowest BCUT2D eigenvalue weighted by Crippen LogP contribution is -1.94. The second-order valence-electron chi connectivity index (χ2n) is 4.09. The molecule has 0 aliphatic heterocycles. The van der Waals surface area contributed by atoms with Gasteiger partial charge in [0.2, 0.25) is 0 Å². The van der Waals surface area contributed by atoms with Gasteiger partial charge in [0, 0.05) is 22.9 Å². The number of Topliss-reactive ketones (excluding diaryl/α,β-unsaturated/α-hetero) is 1. The second-order valence-corrected chi connectivity index (χ2v) is 4.09. The third-order valence-electron chi connectivity index (χ3n) is 2.86. The number of ketones is 1. The van der Waals surface area contributed by atoms with Gasteiger partial charge in [-0.25, -0.2) is 0 Å². The minimum Gasteiger partial charge on any atom is -0.497 e. The smallest absolute Gasteiger partial charge is 0.159 e. The molecule has 3 heteroatoms. The molecule has 0 bridgehead atoms. The quantitative estimate of drug-likeness (QED) is 0.663. The van der Waals surface area contributed by atoms with Gasteiger partial charge in [-0.15, -0.1) is 0 Å². The molecule has 2 rings (SSSR count). The van der Waals surface area contributed by atoms with Gasteiger partial charge in [-0.1, -0.05) is 24.3 Å². The third-order valence-corrected chi connectivity index (χ3v) is 2.86. The van der Waals surface area contributed by atoms with E-state index in [1.54, 1.807) is 32.2 Å². The molecule has 2 aromatic carbocycles. The minimum atomic E-state index is 0.0595. The summed E-state index contributed by atoms with van der Waals surface area (Å²) in [4.78, 5) is 11.2. The van der Waals surface area contributed by atoms with Crippen molar-refractivity contribution in [2.75, 3.05) is 12.8 Å². The molecule has 0 heterocycles. The van der Waals surface area contributed by atoms with E-state index in [0.717, 1.165) is 16.9 Å². The first-order valence-electron chi connectivity index (χ1n) is 5.66. The van der Waals surface area contributed by atoms with Crippen LogP contribution in [0.1, 0.15) is 17.3 Å². The molecule has 0 aliphatic carbocycles. The first-order valence-corrected chi connectivity index (χ1v) is 5.66. The molecule has 0 amide bonds. The van der Waals surface area contributed by atoms with Crippen LogP contribution in [0.4, 0.5) is 5.69 Å². The zero-order valence-electron chi connectivity index (χ0n) is 10.4. The van der Waals surface area contributed by atoms with Gasteiger partial charge in [-0.2, -0.15) is 0 Å². The van der Waals surface area contributed by atoms with Crippen LogP contribution in [0.5, 0.6) is 5.75 Å². The van der Waals surface area contributed by atoms with E-state index in [-0.39, 0.29) is 5.78 Å². The van der Waals surface area contributed by atoms with E-state index in [4.69, 9.17) is 10.5 Å². The minimum absolute atomic E-state index is 0.0595. The maximum Gasteiger partial charge on any atom is 0.159 e. The predicted octanol–water partition coefficient (Wildman–Crippen LogP) is 3.15. The number of carbonyl (C=O) groups excluding carboxylic acids is 1. The number of nitrogen functional groups attached to an aromatic ring is 1. The Morgan fingerprint density at radius 2 is 1.78 bits per heavy atom. The molecule has 2 aromatic rings. The number of anilines is 1. The molecule has 2 N–H and O–H groups in total. The maximum atomic E-state index is 11.2. The van der Waals surface area contributed by atoms with Gasteiger partial charge in [0.15, 0.2) is 5.78 Å². The molecule has 0 atom stereocenters. The number of rotatable bonds is 3. The van der Waals surface area contributed by atoms with Crippen molar-refractivity contribution in [2.45, 2.75) is 6.92 Å². The largest absolute Gasteiger partial charge is 0.497 e. The van der Waals surface area contributed by atoms with Crippen molar-refractivity contribution in [1.82, 2.24) is 0 Å². The van der Waals surface area contributed by atoms with Crippen LogP contribution in [-0.2, 0) is 0 Å². The standard InChI is InChI=1S/C15H15NO2/c1-10(17)11-3-5-12(6-4-11)14-8-7-13(18-2)9-15(14)16/h3-9H,16H2,1-2H3. The molecule has 0 saturated carbocycles. The zero-order valence-corrected chi connectivity index (χ0v) is 10.4. The maximum absolute atomic E-state index is 11.2. The Morgan fingerprint density at radius 3 is 2.28 bits per heavy atom. The number of benzene rings is 2. The Balaban J connectivity index is 2.39. The van der Waals surface area contributed by atoms with Crippen molar-refractivity contribution in [1.29, 1.82) is 0 Å². The molecule has 0 unspecified atom stereocenters. The van der Waals surface area contributed by atoms with Gasteiger partial charge < -0.3 is 10.5 Å². The van der Waals surface area contributed by atoms with E-state index in [1.165, 1.54) is 0 Å². The van der Waals surface area contributed by atoms with Crippen LogP contribution in [0.25, 0.3) is 11.1 Å². The summed E-state index contributed by atoms with van der Waals surface area (Å²) in [5, 5.41) is 0. The molecule has 18 heavy (non-hydrogen) atoms. The first-order chi connectivity index (χ1) is 8.61. The molecular weight excluding hydrogens is 226 g/mol. The van der Waals surface area contributed by atoms with Crippen molar-refractivity contribution in [3.8, 4) is 16.9 Å². The van der Waals surface area contributed by atoms with E-state index in [2.05, 4.69) is 0 Å². The van der Waals surface area contributed by atoms with E-state index in [1.807, 2.05) is 24.3 Å². The van der Waals surface area contributed by atoms with Gasteiger partial charge in [0.25, 0.3) is 0 Å². The van der Waals surface area contributed by atoms with Crippen LogP contribution in [0, 0.1) is 0 Å². The second kappa shape index (κ2) is 4.92. The van der Waals surface area contributed by atoms with Crippen LogP contribution < -0.4 is 10.5 Å². The van der Waals surface area contributed by atoms with Crippen molar-refractivity contribution in [2.24, 2.45) is 0 Å². The third kappa shape index (κ3) is 2.35. The summed E-state index contributed by atoms with van der Waals surface area (Å²) in [5.74, 6) is 0.792. The van der Waals surface area contributed by atoms with Crippen molar-refractivity contribution in [3.63, 3.8) is 0 Å². The van der Waals surface area contributed by atoms with Crippen LogP contribution >= 0.6 is 0 Å². The fourth-order valence-electron chi connectivity index (χ4n) is 1.82.